The molecule has 82 valence electrons. The van der Waals surface area contributed by atoms with E-state index in [2.05, 4.69) is 25.8 Å². The van der Waals surface area contributed by atoms with E-state index in [4.69, 9.17) is 5.73 Å². The monoisotopic (exact) mass is 196 g/mol. The van der Waals surface area contributed by atoms with Gasteiger partial charge in [-0.1, -0.05) is 20.3 Å². The second-order valence-corrected chi connectivity index (χ2v) is 5.82. The van der Waals surface area contributed by atoms with Gasteiger partial charge in [-0.3, -0.25) is 4.90 Å². The van der Waals surface area contributed by atoms with Gasteiger partial charge in [0.05, 0.1) is 0 Å². The summed E-state index contributed by atoms with van der Waals surface area (Å²) in [5.41, 5.74) is 6.76. The average molecular weight is 196 g/mol. The van der Waals surface area contributed by atoms with E-state index >= 15 is 0 Å². The first kappa shape index (κ1) is 10.4. The Bertz CT molecular complexity index is 220. The zero-order valence-corrected chi connectivity index (χ0v) is 9.84. The first-order valence-electron chi connectivity index (χ1n) is 5.96. The predicted molar refractivity (Wildman–Crippen MR) is 60.2 cm³/mol. The molecule has 0 aromatic heterocycles. The van der Waals surface area contributed by atoms with E-state index < -0.39 is 0 Å². The summed E-state index contributed by atoms with van der Waals surface area (Å²) in [6.07, 6.45) is 6.74. The first-order chi connectivity index (χ1) is 6.53. The van der Waals surface area contributed by atoms with E-state index in [-0.39, 0.29) is 5.54 Å². The Hall–Kier alpha value is -0.0800. The summed E-state index contributed by atoms with van der Waals surface area (Å²) in [5, 5.41) is 0. The fourth-order valence-corrected chi connectivity index (χ4v) is 3.38. The summed E-state index contributed by atoms with van der Waals surface area (Å²) in [5.74, 6) is 0. The van der Waals surface area contributed by atoms with Crippen LogP contribution in [0, 0.1) is 5.41 Å². The van der Waals surface area contributed by atoms with Crippen molar-refractivity contribution in [1.82, 2.24) is 4.90 Å². The van der Waals surface area contributed by atoms with Crippen LogP contribution in [-0.4, -0.2) is 30.1 Å². The van der Waals surface area contributed by atoms with Gasteiger partial charge < -0.3 is 5.73 Å². The highest BCUT2D eigenvalue weighted by Gasteiger charge is 2.53. The van der Waals surface area contributed by atoms with Crippen molar-refractivity contribution >= 4 is 0 Å². The Kier molecular flexibility index (Phi) is 2.39. The first-order valence-corrected chi connectivity index (χ1v) is 5.96. The van der Waals surface area contributed by atoms with Crippen LogP contribution in [0.25, 0.3) is 0 Å². The molecule has 0 heterocycles. The van der Waals surface area contributed by atoms with Crippen LogP contribution >= 0.6 is 0 Å². The third-order valence-electron chi connectivity index (χ3n) is 4.76. The minimum absolute atomic E-state index is 0.286. The molecule has 2 rings (SSSR count). The molecule has 2 fully saturated rings. The van der Waals surface area contributed by atoms with Crippen LogP contribution < -0.4 is 5.73 Å². The standard InChI is InChI=1S/C12H24N2/c1-11(2)7-4-8-12(11,9-13)14(3)10-5-6-10/h10H,4-9,13H2,1-3H3. The molecule has 0 aliphatic heterocycles. The van der Waals surface area contributed by atoms with Crippen molar-refractivity contribution in [2.75, 3.05) is 13.6 Å². The molecule has 0 bridgehead atoms. The SMILES string of the molecule is CN(C1CC1)C1(CN)CCCC1(C)C. The highest BCUT2D eigenvalue weighted by atomic mass is 15.2. The molecule has 0 spiro atoms. The molecule has 2 N–H and O–H groups in total. The zero-order valence-electron chi connectivity index (χ0n) is 9.84. The number of likely N-dealkylation sites (N-methyl/N-ethyl adjacent to an activating group) is 1. The van der Waals surface area contributed by atoms with Crippen LogP contribution in [0.1, 0.15) is 46.0 Å². The minimum atomic E-state index is 0.286. The Labute approximate surface area is 87.8 Å². The van der Waals surface area contributed by atoms with Crippen molar-refractivity contribution in [2.45, 2.75) is 57.5 Å². The maximum absolute atomic E-state index is 6.07. The van der Waals surface area contributed by atoms with Crippen LogP contribution in [0.3, 0.4) is 0 Å². The second kappa shape index (κ2) is 3.21. The summed E-state index contributed by atoms with van der Waals surface area (Å²) >= 11 is 0. The lowest BCUT2D eigenvalue weighted by Crippen LogP contribution is -2.59. The van der Waals surface area contributed by atoms with Gasteiger partial charge in [0.15, 0.2) is 0 Å². The van der Waals surface area contributed by atoms with Crippen LogP contribution in [-0.2, 0) is 0 Å². The number of nitrogens with two attached hydrogens (primary N) is 1. The molecule has 2 saturated carbocycles. The third kappa shape index (κ3) is 1.31. The molecule has 2 nitrogen and oxygen atoms in total. The maximum atomic E-state index is 6.07. The normalized spacial score (nSPS) is 36.6. The largest absolute Gasteiger partial charge is 0.329 e. The van der Waals surface area contributed by atoms with E-state index in [0.29, 0.717) is 5.41 Å². The molecule has 14 heavy (non-hydrogen) atoms. The van der Waals surface area contributed by atoms with Gasteiger partial charge in [0, 0.05) is 18.1 Å². The van der Waals surface area contributed by atoms with Gasteiger partial charge in [-0.15, -0.1) is 0 Å². The maximum Gasteiger partial charge on any atom is 0.0382 e. The van der Waals surface area contributed by atoms with Gasteiger partial charge in [0.25, 0.3) is 0 Å². The van der Waals surface area contributed by atoms with E-state index in [1.54, 1.807) is 0 Å². The van der Waals surface area contributed by atoms with Gasteiger partial charge in [0.2, 0.25) is 0 Å². The molecule has 0 radical (unpaired) electrons. The van der Waals surface area contributed by atoms with Crippen LogP contribution in [0.5, 0.6) is 0 Å². The molecule has 0 aromatic rings. The summed E-state index contributed by atoms with van der Waals surface area (Å²) in [7, 11) is 2.29. The Morgan fingerprint density at radius 1 is 1.29 bits per heavy atom. The quantitative estimate of drug-likeness (QED) is 0.748. The van der Waals surface area contributed by atoms with Gasteiger partial charge >= 0.3 is 0 Å². The number of rotatable bonds is 3. The summed E-state index contributed by atoms with van der Waals surface area (Å²) in [6, 6.07) is 0.830. The molecule has 1 unspecified atom stereocenters. The fourth-order valence-electron chi connectivity index (χ4n) is 3.38. The van der Waals surface area contributed by atoms with Crippen molar-refractivity contribution in [3.63, 3.8) is 0 Å². The molecule has 2 aliphatic carbocycles. The van der Waals surface area contributed by atoms with E-state index in [1.807, 2.05) is 0 Å². The van der Waals surface area contributed by atoms with E-state index in [0.717, 1.165) is 12.6 Å². The summed E-state index contributed by atoms with van der Waals surface area (Å²) in [6.45, 7) is 5.62. The molecular weight excluding hydrogens is 172 g/mol. The predicted octanol–water partition coefficient (Wildman–Crippen LogP) is 1.99. The zero-order chi connectivity index (χ0) is 10.4. The summed E-state index contributed by atoms with van der Waals surface area (Å²) < 4.78 is 0. The lowest BCUT2D eigenvalue weighted by molar-refractivity contribution is 0.0273. The topological polar surface area (TPSA) is 29.3 Å². The molecule has 0 aromatic carbocycles. The van der Waals surface area contributed by atoms with Crippen molar-refractivity contribution in [3.8, 4) is 0 Å². The van der Waals surface area contributed by atoms with E-state index in [9.17, 15) is 0 Å². The van der Waals surface area contributed by atoms with Gasteiger partial charge in [0.1, 0.15) is 0 Å². The minimum Gasteiger partial charge on any atom is -0.329 e. The Morgan fingerprint density at radius 3 is 2.29 bits per heavy atom. The van der Waals surface area contributed by atoms with Crippen molar-refractivity contribution in [3.05, 3.63) is 0 Å². The lowest BCUT2D eigenvalue weighted by Gasteiger charge is -2.48. The van der Waals surface area contributed by atoms with Crippen LogP contribution in [0.4, 0.5) is 0 Å². The fraction of sp³-hybridized carbons (Fsp3) is 1.00. The number of nitrogens with zero attached hydrogens (tertiary/aromatic N) is 1. The van der Waals surface area contributed by atoms with Crippen LogP contribution in [0.2, 0.25) is 0 Å². The van der Waals surface area contributed by atoms with Gasteiger partial charge in [-0.25, -0.2) is 0 Å². The molecule has 0 amide bonds. The van der Waals surface area contributed by atoms with E-state index in [1.165, 1.54) is 32.1 Å². The number of hydrogen-bond donors (Lipinski definition) is 1. The van der Waals surface area contributed by atoms with Crippen molar-refractivity contribution in [2.24, 2.45) is 11.1 Å². The third-order valence-corrected chi connectivity index (χ3v) is 4.76. The van der Waals surface area contributed by atoms with Gasteiger partial charge in [-0.2, -0.15) is 0 Å². The number of hydrogen-bond acceptors (Lipinski definition) is 2. The second-order valence-electron chi connectivity index (χ2n) is 5.82. The average Bonchev–Trinajstić information content (AvgIpc) is 2.90. The molecular formula is C12H24N2. The highest BCUT2D eigenvalue weighted by Crippen LogP contribution is 2.51. The Morgan fingerprint density at radius 2 is 1.93 bits per heavy atom. The lowest BCUT2D eigenvalue weighted by atomic mass is 9.73. The summed E-state index contributed by atoms with van der Waals surface area (Å²) in [4.78, 5) is 2.60. The van der Waals surface area contributed by atoms with Crippen molar-refractivity contribution < 1.29 is 0 Å². The Balaban J connectivity index is 2.22. The molecule has 2 aliphatic rings. The van der Waals surface area contributed by atoms with Crippen molar-refractivity contribution in [1.29, 1.82) is 0 Å². The van der Waals surface area contributed by atoms with Crippen LogP contribution in [0.15, 0.2) is 0 Å². The molecule has 2 heteroatoms. The molecule has 0 saturated heterocycles. The molecule has 1 atom stereocenters. The smallest absolute Gasteiger partial charge is 0.0382 e. The van der Waals surface area contributed by atoms with Gasteiger partial charge in [-0.05, 0) is 38.1 Å². The highest BCUT2D eigenvalue weighted by molar-refractivity contribution is 5.09.